The number of aromatic nitrogens is 2. The van der Waals surface area contributed by atoms with Crippen molar-refractivity contribution < 1.29 is 4.74 Å². The summed E-state index contributed by atoms with van der Waals surface area (Å²) in [5, 5.41) is 3.37. The van der Waals surface area contributed by atoms with Crippen molar-refractivity contribution in [3.05, 3.63) is 18.0 Å². The summed E-state index contributed by atoms with van der Waals surface area (Å²) >= 11 is 0. The molecule has 2 atom stereocenters. The molecule has 1 saturated carbocycles. The highest BCUT2D eigenvalue weighted by Crippen LogP contribution is 2.31. The van der Waals surface area contributed by atoms with Crippen molar-refractivity contribution >= 4 is 5.95 Å². The number of nitrogens with one attached hydrogen (secondary N) is 1. The van der Waals surface area contributed by atoms with Gasteiger partial charge in [-0.25, -0.2) is 9.97 Å². The molecule has 0 spiro atoms. The van der Waals surface area contributed by atoms with Gasteiger partial charge >= 0.3 is 0 Å². The molecule has 0 amide bonds. The van der Waals surface area contributed by atoms with Gasteiger partial charge in [-0.1, -0.05) is 6.92 Å². The lowest BCUT2D eigenvalue weighted by Crippen LogP contribution is -2.49. The molecule has 1 aliphatic heterocycles. The van der Waals surface area contributed by atoms with Crippen LogP contribution < -0.4 is 10.2 Å². The second kappa shape index (κ2) is 6.50. The Kier molecular flexibility index (Phi) is 4.47. The minimum atomic E-state index is 0.387. The number of fused-ring (bicyclic) bond motifs is 1. The van der Waals surface area contributed by atoms with Gasteiger partial charge in [0.2, 0.25) is 5.95 Å². The summed E-state index contributed by atoms with van der Waals surface area (Å²) in [6, 6.07) is 0.479. The van der Waals surface area contributed by atoms with E-state index in [4.69, 9.17) is 4.74 Å². The van der Waals surface area contributed by atoms with Crippen LogP contribution in [0.5, 0.6) is 0 Å². The predicted molar refractivity (Wildman–Crippen MR) is 78.8 cm³/mol. The zero-order valence-electron chi connectivity index (χ0n) is 12.2. The highest BCUT2D eigenvalue weighted by Gasteiger charge is 2.37. The molecule has 2 heterocycles. The largest absolute Gasteiger partial charge is 0.374 e. The zero-order valence-corrected chi connectivity index (χ0v) is 12.2. The molecule has 3 rings (SSSR count). The normalized spacial score (nSPS) is 25.8. The van der Waals surface area contributed by atoms with E-state index in [1.807, 2.05) is 12.4 Å². The standard InChI is InChI=1S/C15H24N4O/c1-2-6-16-9-12-10-17-15(18-11-12)19-7-8-20-14-5-3-4-13(14)19/h10-11,13-14,16H,2-9H2,1H3. The van der Waals surface area contributed by atoms with Crippen LogP contribution >= 0.6 is 0 Å². The van der Waals surface area contributed by atoms with Crippen molar-refractivity contribution in [2.24, 2.45) is 0 Å². The van der Waals surface area contributed by atoms with Crippen LogP contribution in [0.15, 0.2) is 12.4 Å². The van der Waals surface area contributed by atoms with Crippen LogP contribution in [0.3, 0.4) is 0 Å². The summed E-state index contributed by atoms with van der Waals surface area (Å²) in [7, 11) is 0. The number of nitrogens with zero attached hydrogens (tertiary/aromatic N) is 3. The maximum atomic E-state index is 5.84. The van der Waals surface area contributed by atoms with E-state index in [9.17, 15) is 0 Å². The van der Waals surface area contributed by atoms with Crippen molar-refractivity contribution in [3.63, 3.8) is 0 Å². The lowest BCUT2D eigenvalue weighted by atomic mass is 10.1. The van der Waals surface area contributed by atoms with Crippen molar-refractivity contribution in [1.82, 2.24) is 15.3 Å². The average molecular weight is 276 g/mol. The first kappa shape index (κ1) is 13.8. The first-order chi connectivity index (χ1) is 9.88. The van der Waals surface area contributed by atoms with E-state index in [1.54, 1.807) is 0 Å². The quantitative estimate of drug-likeness (QED) is 0.830. The topological polar surface area (TPSA) is 50.3 Å². The minimum Gasteiger partial charge on any atom is -0.374 e. The number of hydrogen-bond donors (Lipinski definition) is 1. The molecule has 1 aliphatic carbocycles. The van der Waals surface area contributed by atoms with E-state index >= 15 is 0 Å². The van der Waals surface area contributed by atoms with Crippen LogP contribution in [0, 0.1) is 0 Å². The lowest BCUT2D eigenvalue weighted by Gasteiger charge is -2.37. The van der Waals surface area contributed by atoms with Gasteiger partial charge in [-0.2, -0.15) is 0 Å². The van der Waals surface area contributed by atoms with E-state index in [0.29, 0.717) is 12.1 Å². The Morgan fingerprint density at radius 2 is 2.20 bits per heavy atom. The third kappa shape index (κ3) is 2.94. The van der Waals surface area contributed by atoms with Gasteiger partial charge in [-0.05, 0) is 32.2 Å². The highest BCUT2D eigenvalue weighted by molar-refractivity contribution is 5.34. The molecule has 1 N–H and O–H groups in total. The minimum absolute atomic E-state index is 0.387. The maximum absolute atomic E-state index is 5.84. The fourth-order valence-electron chi connectivity index (χ4n) is 3.17. The third-order valence-electron chi connectivity index (χ3n) is 4.19. The van der Waals surface area contributed by atoms with E-state index < -0.39 is 0 Å². The van der Waals surface area contributed by atoms with Crippen LogP contribution in [0.1, 0.15) is 38.2 Å². The second-order valence-electron chi connectivity index (χ2n) is 5.67. The van der Waals surface area contributed by atoms with Gasteiger partial charge in [-0.15, -0.1) is 0 Å². The summed E-state index contributed by atoms with van der Waals surface area (Å²) < 4.78 is 5.84. The smallest absolute Gasteiger partial charge is 0.225 e. The summed E-state index contributed by atoms with van der Waals surface area (Å²) in [5.41, 5.74) is 1.15. The monoisotopic (exact) mass is 276 g/mol. The number of hydrogen-bond acceptors (Lipinski definition) is 5. The van der Waals surface area contributed by atoms with Crippen molar-refractivity contribution in [1.29, 1.82) is 0 Å². The average Bonchev–Trinajstić information content (AvgIpc) is 2.97. The second-order valence-corrected chi connectivity index (χ2v) is 5.67. The van der Waals surface area contributed by atoms with Crippen LogP contribution in [-0.2, 0) is 11.3 Å². The Hall–Kier alpha value is -1.20. The number of anilines is 1. The number of morpholine rings is 1. The Morgan fingerprint density at radius 1 is 1.35 bits per heavy atom. The summed E-state index contributed by atoms with van der Waals surface area (Å²) in [4.78, 5) is 11.5. The highest BCUT2D eigenvalue weighted by atomic mass is 16.5. The van der Waals surface area contributed by atoms with E-state index in [0.717, 1.165) is 44.2 Å². The fraction of sp³-hybridized carbons (Fsp3) is 0.733. The molecular formula is C15H24N4O. The Bertz CT molecular complexity index is 422. The Balaban J connectivity index is 1.64. The molecule has 20 heavy (non-hydrogen) atoms. The zero-order chi connectivity index (χ0) is 13.8. The summed E-state index contributed by atoms with van der Waals surface area (Å²) in [6.45, 7) is 5.76. The fourth-order valence-corrected chi connectivity index (χ4v) is 3.17. The Labute approximate surface area is 120 Å². The number of rotatable bonds is 5. The molecule has 110 valence electrons. The van der Waals surface area contributed by atoms with E-state index in [-0.39, 0.29) is 0 Å². The van der Waals surface area contributed by atoms with Gasteiger partial charge in [0, 0.05) is 31.0 Å². The maximum Gasteiger partial charge on any atom is 0.225 e. The molecule has 1 saturated heterocycles. The van der Waals surface area contributed by atoms with Gasteiger partial charge in [0.05, 0.1) is 18.8 Å². The van der Waals surface area contributed by atoms with Gasteiger partial charge in [-0.3, -0.25) is 0 Å². The third-order valence-corrected chi connectivity index (χ3v) is 4.19. The summed E-state index contributed by atoms with van der Waals surface area (Å²) in [6.07, 6.45) is 9.07. The van der Waals surface area contributed by atoms with Crippen LogP contribution in [0.2, 0.25) is 0 Å². The Morgan fingerprint density at radius 3 is 3.00 bits per heavy atom. The molecular weight excluding hydrogens is 252 g/mol. The first-order valence-corrected chi connectivity index (χ1v) is 7.78. The summed E-state index contributed by atoms with van der Waals surface area (Å²) in [5.74, 6) is 0.865. The molecule has 2 aliphatic rings. The van der Waals surface area contributed by atoms with Gasteiger partial charge < -0.3 is 15.0 Å². The van der Waals surface area contributed by atoms with Crippen LogP contribution in [0.25, 0.3) is 0 Å². The molecule has 0 aromatic carbocycles. The molecule has 2 unspecified atom stereocenters. The van der Waals surface area contributed by atoms with Crippen LogP contribution in [0.4, 0.5) is 5.95 Å². The van der Waals surface area contributed by atoms with Crippen molar-refractivity contribution in [2.45, 2.75) is 51.3 Å². The molecule has 1 aromatic rings. The van der Waals surface area contributed by atoms with Gasteiger partial charge in [0.25, 0.3) is 0 Å². The van der Waals surface area contributed by atoms with Crippen molar-refractivity contribution in [2.75, 3.05) is 24.6 Å². The van der Waals surface area contributed by atoms with E-state index in [2.05, 4.69) is 27.1 Å². The molecule has 2 fully saturated rings. The molecule has 0 radical (unpaired) electrons. The predicted octanol–water partition coefficient (Wildman–Crippen LogP) is 1.73. The SMILES string of the molecule is CCCNCc1cnc(N2CCOC3CCCC32)nc1. The number of ether oxygens (including phenoxy) is 1. The molecule has 1 aromatic heterocycles. The molecule has 5 nitrogen and oxygen atoms in total. The van der Waals surface area contributed by atoms with Gasteiger partial charge in [0.1, 0.15) is 0 Å². The first-order valence-electron chi connectivity index (χ1n) is 7.78. The lowest BCUT2D eigenvalue weighted by molar-refractivity contribution is 0.0250. The van der Waals surface area contributed by atoms with Gasteiger partial charge in [0.15, 0.2) is 0 Å². The van der Waals surface area contributed by atoms with Crippen molar-refractivity contribution in [3.8, 4) is 0 Å². The van der Waals surface area contributed by atoms with E-state index in [1.165, 1.54) is 19.3 Å². The van der Waals surface area contributed by atoms with Crippen LogP contribution in [-0.4, -0.2) is 41.8 Å². The molecule has 0 bridgehead atoms. The molecule has 5 heteroatoms.